The Hall–Kier alpha value is -2.66. The van der Waals surface area contributed by atoms with Crippen molar-refractivity contribution < 1.29 is 9.59 Å². The van der Waals surface area contributed by atoms with E-state index in [1.165, 1.54) is 0 Å². The Kier molecular flexibility index (Phi) is 6.92. The minimum atomic E-state index is -0.705. The maximum atomic E-state index is 12.3. The highest BCUT2D eigenvalue weighted by Gasteiger charge is 2.15. The summed E-state index contributed by atoms with van der Waals surface area (Å²) < 4.78 is 0. The van der Waals surface area contributed by atoms with Crippen LogP contribution in [0.2, 0.25) is 0 Å². The first-order valence-electron chi connectivity index (χ1n) is 8.90. The summed E-state index contributed by atoms with van der Waals surface area (Å²) in [6.45, 7) is 6.22. The largest absolute Gasteiger partial charge is 0.350 e. The van der Waals surface area contributed by atoms with Gasteiger partial charge in [-0.25, -0.2) is 0 Å². The third-order valence-corrected chi connectivity index (χ3v) is 4.44. The van der Waals surface area contributed by atoms with E-state index in [4.69, 9.17) is 5.73 Å². The molecule has 2 amide bonds. The number of amides is 2. The number of hydrogen-bond acceptors (Lipinski definition) is 3. The van der Waals surface area contributed by atoms with Crippen LogP contribution in [0.1, 0.15) is 43.0 Å². The van der Waals surface area contributed by atoms with Crippen molar-refractivity contribution in [2.75, 3.05) is 5.32 Å². The normalized spacial score (nSPS) is 12.9. The quantitative estimate of drug-likeness (QED) is 0.714. The van der Waals surface area contributed by atoms with Crippen LogP contribution in [0.15, 0.2) is 48.5 Å². The number of hydrogen-bond donors (Lipinski definition) is 3. The molecular formula is C21H27N3O2. The smallest absolute Gasteiger partial charge is 0.241 e. The van der Waals surface area contributed by atoms with Crippen LogP contribution in [0.4, 0.5) is 5.69 Å². The number of rotatable bonds is 7. The number of carbonyl (C=O) groups is 2. The molecule has 26 heavy (non-hydrogen) atoms. The minimum Gasteiger partial charge on any atom is -0.350 e. The van der Waals surface area contributed by atoms with Crippen molar-refractivity contribution in [1.82, 2.24) is 5.32 Å². The molecule has 0 heterocycles. The molecule has 4 N–H and O–H groups in total. The molecule has 138 valence electrons. The molecule has 0 aliphatic rings. The van der Waals surface area contributed by atoms with Crippen molar-refractivity contribution in [2.24, 2.45) is 11.7 Å². The molecule has 0 aliphatic carbocycles. The molecule has 0 saturated heterocycles. The van der Waals surface area contributed by atoms with E-state index in [0.717, 1.165) is 28.8 Å². The lowest BCUT2D eigenvalue weighted by molar-refractivity contribution is -0.122. The Morgan fingerprint density at radius 1 is 1.08 bits per heavy atom. The van der Waals surface area contributed by atoms with Crippen LogP contribution in [-0.2, 0) is 16.1 Å². The number of nitrogens with two attached hydrogens (primary N) is 1. The molecule has 0 radical (unpaired) electrons. The lowest BCUT2D eigenvalue weighted by Crippen LogP contribution is -2.33. The van der Waals surface area contributed by atoms with E-state index < -0.39 is 6.04 Å². The van der Waals surface area contributed by atoms with Gasteiger partial charge < -0.3 is 16.4 Å². The Morgan fingerprint density at radius 3 is 2.42 bits per heavy atom. The summed E-state index contributed by atoms with van der Waals surface area (Å²) in [6, 6.07) is 14.3. The Balaban J connectivity index is 1.94. The summed E-state index contributed by atoms with van der Waals surface area (Å²) >= 11 is 0. The summed E-state index contributed by atoms with van der Waals surface area (Å²) in [6.07, 6.45) is 0.790. The number of benzene rings is 2. The highest BCUT2D eigenvalue weighted by atomic mass is 16.2. The van der Waals surface area contributed by atoms with E-state index in [1.807, 2.05) is 69.3 Å². The van der Waals surface area contributed by atoms with Gasteiger partial charge in [0.15, 0.2) is 0 Å². The second kappa shape index (κ2) is 9.15. The molecule has 0 aliphatic heterocycles. The molecule has 2 unspecified atom stereocenters. The van der Waals surface area contributed by atoms with Crippen LogP contribution in [-0.4, -0.2) is 11.8 Å². The summed E-state index contributed by atoms with van der Waals surface area (Å²) in [5.74, 6) is -0.274. The molecule has 0 spiro atoms. The SMILES string of the molecule is CCC(C)C(=O)Nc1cccc(CNC(=O)C(N)c2ccc(C)cc2)c1. The first-order chi connectivity index (χ1) is 12.4. The lowest BCUT2D eigenvalue weighted by Gasteiger charge is -2.14. The minimum absolute atomic E-state index is 0.00456. The second-order valence-corrected chi connectivity index (χ2v) is 6.61. The highest BCUT2D eigenvalue weighted by Crippen LogP contribution is 2.14. The third kappa shape index (κ3) is 5.43. The molecule has 0 saturated carbocycles. The molecule has 5 nitrogen and oxygen atoms in total. The van der Waals surface area contributed by atoms with Crippen molar-refractivity contribution >= 4 is 17.5 Å². The van der Waals surface area contributed by atoms with Gasteiger partial charge in [0.1, 0.15) is 6.04 Å². The lowest BCUT2D eigenvalue weighted by atomic mass is 10.1. The molecule has 2 rings (SSSR count). The van der Waals surface area contributed by atoms with Crippen molar-refractivity contribution in [3.8, 4) is 0 Å². The van der Waals surface area contributed by atoms with Crippen molar-refractivity contribution in [1.29, 1.82) is 0 Å². The van der Waals surface area contributed by atoms with E-state index in [9.17, 15) is 9.59 Å². The predicted molar refractivity (Wildman–Crippen MR) is 104 cm³/mol. The van der Waals surface area contributed by atoms with Gasteiger partial charge in [-0.15, -0.1) is 0 Å². The number of aryl methyl sites for hydroxylation is 1. The van der Waals surface area contributed by atoms with Crippen LogP contribution >= 0.6 is 0 Å². The van der Waals surface area contributed by atoms with Gasteiger partial charge in [0.05, 0.1) is 0 Å². The first kappa shape index (κ1) is 19.7. The average molecular weight is 353 g/mol. The number of anilines is 1. The molecule has 0 fully saturated rings. The van der Waals surface area contributed by atoms with Gasteiger partial charge in [0.2, 0.25) is 11.8 Å². The Bertz CT molecular complexity index is 756. The fourth-order valence-electron chi connectivity index (χ4n) is 2.43. The van der Waals surface area contributed by atoms with Crippen LogP contribution in [0.3, 0.4) is 0 Å². The number of nitrogens with one attached hydrogen (secondary N) is 2. The van der Waals surface area contributed by atoms with Gasteiger partial charge in [-0.3, -0.25) is 9.59 Å². The fourth-order valence-corrected chi connectivity index (χ4v) is 2.43. The Morgan fingerprint density at radius 2 is 1.77 bits per heavy atom. The molecule has 0 aromatic heterocycles. The van der Waals surface area contributed by atoms with Crippen LogP contribution in [0, 0.1) is 12.8 Å². The third-order valence-electron chi connectivity index (χ3n) is 4.44. The monoisotopic (exact) mass is 353 g/mol. The van der Waals surface area contributed by atoms with Gasteiger partial charge in [-0.05, 0) is 36.6 Å². The van der Waals surface area contributed by atoms with E-state index in [0.29, 0.717) is 6.54 Å². The summed E-state index contributed by atoms with van der Waals surface area (Å²) in [5.41, 5.74) is 9.56. The topological polar surface area (TPSA) is 84.2 Å². The van der Waals surface area contributed by atoms with Gasteiger partial charge in [0, 0.05) is 18.2 Å². The fraction of sp³-hybridized carbons (Fsp3) is 0.333. The zero-order chi connectivity index (χ0) is 19.1. The van der Waals surface area contributed by atoms with Gasteiger partial charge in [-0.2, -0.15) is 0 Å². The molecule has 2 aromatic rings. The van der Waals surface area contributed by atoms with E-state index in [2.05, 4.69) is 10.6 Å². The zero-order valence-electron chi connectivity index (χ0n) is 15.6. The van der Waals surface area contributed by atoms with Gasteiger partial charge in [0.25, 0.3) is 0 Å². The molecule has 5 heteroatoms. The maximum Gasteiger partial charge on any atom is 0.241 e. The van der Waals surface area contributed by atoms with Crippen LogP contribution in [0.25, 0.3) is 0 Å². The molecular weight excluding hydrogens is 326 g/mol. The van der Waals surface area contributed by atoms with Crippen molar-refractivity contribution in [3.63, 3.8) is 0 Å². The van der Waals surface area contributed by atoms with E-state index in [1.54, 1.807) is 0 Å². The molecule has 2 atom stereocenters. The zero-order valence-corrected chi connectivity index (χ0v) is 15.6. The number of carbonyl (C=O) groups excluding carboxylic acids is 2. The van der Waals surface area contributed by atoms with Gasteiger partial charge in [-0.1, -0.05) is 55.8 Å². The van der Waals surface area contributed by atoms with Crippen molar-refractivity contribution in [3.05, 3.63) is 65.2 Å². The average Bonchev–Trinajstić information content (AvgIpc) is 2.65. The van der Waals surface area contributed by atoms with E-state index in [-0.39, 0.29) is 17.7 Å². The molecule has 2 aromatic carbocycles. The summed E-state index contributed by atoms with van der Waals surface area (Å²) in [7, 11) is 0. The standard InChI is InChI=1S/C21H27N3O2/c1-4-15(3)20(25)24-18-7-5-6-16(12-18)13-23-21(26)19(22)17-10-8-14(2)9-11-17/h5-12,15,19H,4,13,22H2,1-3H3,(H,23,26)(H,24,25). The highest BCUT2D eigenvalue weighted by molar-refractivity contribution is 5.92. The Labute approximate surface area is 155 Å². The molecule has 0 bridgehead atoms. The van der Waals surface area contributed by atoms with Crippen LogP contribution in [0.5, 0.6) is 0 Å². The summed E-state index contributed by atoms with van der Waals surface area (Å²) in [4.78, 5) is 24.3. The second-order valence-electron chi connectivity index (χ2n) is 6.61. The van der Waals surface area contributed by atoms with Gasteiger partial charge >= 0.3 is 0 Å². The summed E-state index contributed by atoms with van der Waals surface area (Å²) in [5, 5.41) is 5.75. The van der Waals surface area contributed by atoms with E-state index >= 15 is 0 Å². The first-order valence-corrected chi connectivity index (χ1v) is 8.90. The van der Waals surface area contributed by atoms with Crippen molar-refractivity contribution in [2.45, 2.75) is 39.8 Å². The maximum absolute atomic E-state index is 12.3. The predicted octanol–water partition coefficient (Wildman–Crippen LogP) is 3.30. The van der Waals surface area contributed by atoms with Crippen LogP contribution < -0.4 is 16.4 Å².